The lowest BCUT2D eigenvalue weighted by Crippen LogP contribution is -2.31. The molecule has 3 rings (SSSR count). The van der Waals surface area contributed by atoms with Crippen molar-refractivity contribution in [2.75, 3.05) is 5.32 Å². The molecular weight excluding hydrogens is 292 g/mol. The maximum absolute atomic E-state index is 12.0. The third-order valence-electron chi connectivity index (χ3n) is 3.45. The van der Waals surface area contributed by atoms with Crippen molar-refractivity contribution < 1.29 is 4.79 Å². The molecule has 0 saturated carbocycles. The van der Waals surface area contributed by atoms with Gasteiger partial charge in [-0.3, -0.25) is 4.68 Å². The average Bonchev–Trinajstić information content (AvgIpc) is 3.19. The molecule has 7 nitrogen and oxygen atoms in total. The van der Waals surface area contributed by atoms with Gasteiger partial charge >= 0.3 is 6.03 Å². The van der Waals surface area contributed by atoms with Gasteiger partial charge in [0.25, 0.3) is 0 Å². The van der Waals surface area contributed by atoms with Gasteiger partial charge in [-0.1, -0.05) is 12.1 Å². The minimum absolute atomic E-state index is 0.137. The van der Waals surface area contributed by atoms with Crippen molar-refractivity contribution >= 4 is 11.7 Å². The Balaban J connectivity index is 1.67. The zero-order valence-corrected chi connectivity index (χ0v) is 13.0. The number of amides is 2. The summed E-state index contributed by atoms with van der Waals surface area (Å²) in [5.74, 6) is 0. The fourth-order valence-corrected chi connectivity index (χ4v) is 2.29. The number of nitrogens with one attached hydrogen (secondary N) is 2. The Bertz CT molecular complexity index is 793. The van der Waals surface area contributed by atoms with Crippen molar-refractivity contribution in [1.82, 2.24) is 24.9 Å². The molecule has 0 saturated heterocycles. The van der Waals surface area contributed by atoms with Crippen molar-refractivity contribution in [3.63, 3.8) is 0 Å². The average molecular weight is 310 g/mol. The van der Waals surface area contributed by atoms with Crippen LogP contribution in [-0.2, 0) is 7.05 Å². The topological polar surface area (TPSA) is 76.8 Å². The van der Waals surface area contributed by atoms with Crippen LogP contribution in [0.2, 0.25) is 0 Å². The summed E-state index contributed by atoms with van der Waals surface area (Å²) in [4.78, 5) is 12.0. The number of hydrogen-bond acceptors (Lipinski definition) is 3. The zero-order chi connectivity index (χ0) is 16.2. The highest BCUT2D eigenvalue weighted by atomic mass is 16.2. The molecule has 7 heteroatoms. The number of carbonyl (C=O) groups excluding carboxylic acids is 1. The number of aryl methyl sites for hydroxylation is 1. The van der Waals surface area contributed by atoms with Crippen LogP contribution in [0.4, 0.5) is 10.5 Å². The summed E-state index contributed by atoms with van der Waals surface area (Å²) < 4.78 is 3.42. The van der Waals surface area contributed by atoms with Crippen LogP contribution in [0.3, 0.4) is 0 Å². The summed E-state index contributed by atoms with van der Waals surface area (Å²) in [6.07, 6.45) is 6.95. The van der Waals surface area contributed by atoms with Gasteiger partial charge in [0.15, 0.2) is 0 Å². The van der Waals surface area contributed by atoms with Crippen LogP contribution in [0.5, 0.6) is 0 Å². The van der Waals surface area contributed by atoms with Gasteiger partial charge in [-0.2, -0.15) is 10.2 Å². The van der Waals surface area contributed by atoms with Crippen molar-refractivity contribution in [3.8, 4) is 5.69 Å². The molecule has 0 spiro atoms. The largest absolute Gasteiger partial charge is 0.331 e. The molecule has 2 heterocycles. The van der Waals surface area contributed by atoms with E-state index in [4.69, 9.17) is 0 Å². The number of nitrogens with zero attached hydrogens (tertiary/aromatic N) is 4. The van der Waals surface area contributed by atoms with Gasteiger partial charge in [-0.15, -0.1) is 0 Å². The molecule has 1 unspecified atom stereocenters. The third kappa shape index (κ3) is 3.57. The molecule has 0 aliphatic heterocycles. The van der Waals surface area contributed by atoms with Gasteiger partial charge in [0, 0.05) is 25.6 Å². The second-order valence-electron chi connectivity index (χ2n) is 5.27. The van der Waals surface area contributed by atoms with E-state index in [0.717, 1.165) is 11.3 Å². The number of rotatable bonds is 4. The molecule has 3 aromatic rings. The Hall–Kier alpha value is -3.09. The first kappa shape index (κ1) is 14.8. The number of urea groups is 1. The molecule has 2 N–H and O–H groups in total. The number of aromatic nitrogens is 4. The summed E-state index contributed by atoms with van der Waals surface area (Å²) in [7, 11) is 1.80. The van der Waals surface area contributed by atoms with E-state index in [-0.39, 0.29) is 12.1 Å². The predicted molar refractivity (Wildman–Crippen MR) is 87.3 cm³/mol. The lowest BCUT2D eigenvalue weighted by atomic mass is 10.1. The van der Waals surface area contributed by atoms with E-state index in [9.17, 15) is 4.79 Å². The fourth-order valence-electron chi connectivity index (χ4n) is 2.29. The summed E-state index contributed by atoms with van der Waals surface area (Å²) >= 11 is 0. The van der Waals surface area contributed by atoms with Crippen LogP contribution in [0, 0.1) is 0 Å². The summed E-state index contributed by atoms with van der Waals surface area (Å²) in [6.45, 7) is 1.94. The second-order valence-corrected chi connectivity index (χ2v) is 5.27. The van der Waals surface area contributed by atoms with E-state index in [2.05, 4.69) is 20.8 Å². The summed E-state index contributed by atoms with van der Waals surface area (Å²) in [6, 6.07) is 9.36. The van der Waals surface area contributed by atoms with E-state index in [1.54, 1.807) is 35.0 Å². The Morgan fingerprint density at radius 3 is 2.83 bits per heavy atom. The van der Waals surface area contributed by atoms with Crippen molar-refractivity contribution in [3.05, 3.63) is 60.7 Å². The first-order valence-corrected chi connectivity index (χ1v) is 7.28. The normalized spacial score (nSPS) is 11.9. The smallest absolute Gasteiger partial charge is 0.319 e. The lowest BCUT2D eigenvalue weighted by Gasteiger charge is -2.15. The number of carbonyl (C=O) groups is 1. The van der Waals surface area contributed by atoms with Crippen LogP contribution in [0.15, 0.2) is 55.1 Å². The SMILES string of the molecule is CC(NC(=O)Nc1cnn(C)c1)c1cccc(-n2cccn2)c1. The van der Waals surface area contributed by atoms with Crippen LogP contribution < -0.4 is 10.6 Å². The highest BCUT2D eigenvalue weighted by Gasteiger charge is 2.11. The van der Waals surface area contributed by atoms with Gasteiger partial charge in [0.05, 0.1) is 23.6 Å². The Labute approximate surface area is 133 Å². The monoisotopic (exact) mass is 310 g/mol. The Kier molecular flexibility index (Phi) is 4.09. The van der Waals surface area contributed by atoms with Gasteiger partial charge < -0.3 is 10.6 Å². The molecule has 2 aromatic heterocycles. The lowest BCUT2D eigenvalue weighted by molar-refractivity contribution is 0.249. The molecule has 1 atom stereocenters. The van der Waals surface area contributed by atoms with Crippen LogP contribution in [0.1, 0.15) is 18.5 Å². The highest BCUT2D eigenvalue weighted by Crippen LogP contribution is 2.16. The fraction of sp³-hybridized carbons (Fsp3) is 0.188. The zero-order valence-electron chi connectivity index (χ0n) is 13.0. The predicted octanol–water partition coefficient (Wildman–Crippen LogP) is 2.49. The van der Waals surface area contributed by atoms with E-state index >= 15 is 0 Å². The first-order valence-electron chi connectivity index (χ1n) is 7.28. The molecule has 0 aliphatic carbocycles. The first-order chi connectivity index (χ1) is 11.1. The van der Waals surface area contributed by atoms with Crippen molar-refractivity contribution in [2.45, 2.75) is 13.0 Å². The third-order valence-corrected chi connectivity index (χ3v) is 3.45. The summed E-state index contributed by atoms with van der Waals surface area (Å²) in [5, 5.41) is 13.9. The quantitative estimate of drug-likeness (QED) is 0.777. The molecule has 23 heavy (non-hydrogen) atoms. The number of benzene rings is 1. The summed E-state index contributed by atoms with van der Waals surface area (Å²) in [5.41, 5.74) is 2.61. The van der Waals surface area contributed by atoms with E-state index in [1.807, 2.05) is 43.5 Å². The van der Waals surface area contributed by atoms with Crippen LogP contribution in [-0.4, -0.2) is 25.6 Å². The maximum atomic E-state index is 12.0. The van der Waals surface area contributed by atoms with Crippen molar-refractivity contribution in [1.29, 1.82) is 0 Å². The van der Waals surface area contributed by atoms with Gasteiger partial charge in [0.1, 0.15) is 0 Å². The van der Waals surface area contributed by atoms with E-state index in [1.165, 1.54) is 0 Å². The standard InChI is InChI=1S/C16H18N6O/c1-12(19-16(23)20-14-10-18-21(2)11-14)13-5-3-6-15(9-13)22-8-4-7-17-22/h3-12H,1-2H3,(H2,19,20,23). The van der Waals surface area contributed by atoms with Crippen LogP contribution >= 0.6 is 0 Å². The minimum Gasteiger partial charge on any atom is -0.331 e. The maximum Gasteiger partial charge on any atom is 0.319 e. The minimum atomic E-state index is -0.269. The number of anilines is 1. The molecular formula is C16H18N6O. The molecule has 2 amide bonds. The highest BCUT2D eigenvalue weighted by molar-refractivity contribution is 5.89. The molecule has 0 radical (unpaired) electrons. The van der Waals surface area contributed by atoms with Gasteiger partial charge in [-0.05, 0) is 30.7 Å². The van der Waals surface area contributed by atoms with Gasteiger partial charge in [0.2, 0.25) is 0 Å². The second kappa shape index (κ2) is 6.35. The Morgan fingerprint density at radius 1 is 1.26 bits per heavy atom. The van der Waals surface area contributed by atoms with Crippen molar-refractivity contribution in [2.24, 2.45) is 7.05 Å². The molecule has 1 aromatic carbocycles. The van der Waals surface area contributed by atoms with Gasteiger partial charge in [-0.25, -0.2) is 9.48 Å². The molecule has 118 valence electrons. The van der Waals surface area contributed by atoms with E-state index in [0.29, 0.717) is 5.69 Å². The Morgan fingerprint density at radius 2 is 2.13 bits per heavy atom. The van der Waals surface area contributed by atoms with E-state index < -0.39 is 0 Å². The van der Waals surface area contributed by atoms with Crippen LogP contribution in [0.25, 0.3) is 5.69 Å². The number of hydrogen-bond donors (Lipinski definition) is 2. The molecule has 0 bridgehead atoms. The molecule has 0 aliphatic rings. The molecule has 0 fully saturated rings.